The van der Waals surface area contributed by atoms with Crippen LogP contribution in [0.1, 0.15) is 103 Å². The van der Waals surface area contributed by atoms with Crippen LogP contribution in [0.5, 0.6) is 0 Å². The molecule has 2 N–H and O–H groups in total. The lowest BCUT2D eigenvalue weighted by Crippen LogP contribution is -1.98. The van der Waals surface area contributed by atoms with Crippen LogP contribution in [0.3, 0.4) is 0 Å². The molecule has 0 aromatic heterocycles. The van der Waals surface area contributed by atoms with Gasteiger partial charge in [-0.05, 0) is 12.8 Å². The van der Waals surface area contributed by atoms with Gasteiger partial charge in [-0.3, -0.25) is 0 Å². The highest BCUT2D eigenvalue weighted by Gasteiger charge is 2.02. The van der Waals surface area contributed by atoms with E-state index >= 15 is 0 Å². The Morgan fingerprint density at radius 2 is 1.04 bits per heavy atom. The third-order valence-electron chi connectivity index (χ3n) is 4.31. The highest BCUT2D eigenvalue weighted by molar-refractivity contribution is 5.85. The predicted molar refractivity (Wildman–Crippen MR) is 110 cm³/mol. The first-order valence-corrected chi connectivity index (χ1v) is 10.2. The molecule has 0 bridgehead atoms. The van der Waals surface area contributed by atoms with Crippen LogP contribution < -0.4 is 0 Å². The summed E-state index contributed by atoms with van der Waals surface area (Å²) in [5.74, 6) is -1.82. The Balaban J connectivity index is 0. The summed E-state index contributed by atoms with van der Waals surface area (Å²) in [4.78, 5) is 19.8. The molecule has 0 aliphatic rings. The molecule has 0 aromatic rings. The lowest BCUT2D eigenvalue weighted by atomic mass is 10.0. The van der Waals surface area contributed by atoms with Gasteiger partial charge in [0.2, 0.25) is 0 Å². The Morgan fingerprint density at radius 1 is 0.731 bits per heavy atom. The number of aliphatic carboxylic acids is 2. The Kier molecular flexibility index (Phi) is 22.0. The fraction of sp³-hybridized carbons (Fsp3) is 0.727. The van der Waals surface area contributed by atoms with Crippen molar-refractivity contribution in [2.24, 2.45) is 0 Å². The minimum atomic E-state index is -0.981. The minimum absolute atomic E-state index is 0.355. The summed E-state index contributed by atoms with van der Waals surface area (Å²) < 4.78 is 0. The zero-order valence-corrected chi connectivity index (χ0v) is 16.8. The van der Waals surface area contributed by atoms with Crippen molar-refractivity contribution in [1.82, 2.24) is 0 Å². The topological polar surface area (TPSA) is 74.6 Å². The fourth-order valence-electron chi connectivity index (χ4n) is 2.64. The molecular weight excluding hydrogens is 328 g/mol. The molecule has 0 atom stereocenters. The van der Waals surface area contributed by atoms with Crippen molar-refractivity contribution in [3.05, 3.63) is 24.8 Å². The Labute approximate surface area is 160 Å². The van der Waals surface area contributed by atoms with Gasteiger partial charge in [0, 0.05) is 11.6 Å². The van der Waals surface area contributed by atoms with Crippen molar-refractivity contribution in [1.29, 1.82) is 0 Å². The molecule has 0 fully saturated rings. The SMILES string of the molecule is C=C(CCCCCCCCCCCCCCCC)C(=O)O.C=CC(=O)O. The Hall–Kier alpha value is -1.58. The van der Waals surface area contributed by atoms with Crippen LogP contribution in [0.25, 0.3) is 0 Å². The number of hydrogen-bond acceptors (Lipinski definition) is 2. The number of rotatable bonds is 17. The molecule has 0 saturated carbocycles. The van der Waals surface area contributed by atoms with Gasteiger partial charge in [0.15, 0.2) is 0 Å². The first kappa shape index (κ1) is 26.6. The summed E-state index contributed by atoms with van der Waals surface area (Å²) in [7, 11) is 0. The number of carboxylic acids is 2. The monoisotopic (exact) mass is 368 g/mol. The quantitative estimate of drug-likeness (QED) is 0.220. The number of unbranched alkanes of at least 4 members (excludes halogenated alkanes) is 13. The van der Waals surface area contributed by atoms with Crippen molar-refractivity contribution >= 4 is 11.9 Å². The van der Waals surface area contributed by atoms with Crippen molar-refractivity contribution in [2.75, 3.05) is 0 Å². The average molecular weight is 369 g/mol. The standard InChI is InChI=1S/C19H36O2.C3H4O2/c1-3-4-5-6-7-8-9-10-11-12-13-14-15-16-17-18(2)19(20)21;1-2-3(4)5/h2-17H2,1H3,(H,20,21);2H,1H2,(H,4,5). The molecule has 0 aliphatic heterocycles. The van der Waals surface area contributed by atoms with E-state index in [2.05, 4.69) is 20.1 Å². The van der Waals surface area contributed by atoms with Crippen molar-refractivity contribution < 1.29 is 19.8 Å². The molecular formula is C22H40O4. The molecule has 0 aliphatic carbocycles. The number of hydrogen-bond donors (Lipinski definition) is 2. The predicted octanol–water partition coefficient (Wildman–Crippen LogP) is 6.76. The Morgan fingerprint density at radius 3 is 1.31 bits per heavy atom. The van der Waals surface area contributed by atoms with Crippen LogP contribution in [0.4, 0.5) is 0 Å². The lowest BCUT2D eigenvalue weighted by molar-refractivity contribution is -0.133. The van der Waals surface area contributed by atoms with Gasteiger partial charge in [-0.1, -0.05) is 104 Å². The summed E-state index contributed by atoms with van der Waals surface area (Å²) in [6.45, 7) is 8.78. The maximum absolute atomic E-state index is 10.6. The maximum atomic E-state index is 10.6. The average Bonchev–Trinajstić information content (AvgIpc) is 2.62. The molecule has 152 valence electrons. The van der Waals surface area contributed by atoms with Crippen LogP contribution >= 0.6 is 0 Å². The highest BCUT2D eigenvalue weighted by Crippen LogP contribution is 2.14. The largest absolute Gasteiger partial charge is 0.478 e. The summed E-state index contributed by atoms with van der Waals surface area (Å²) in [6, 6.07) is 0. The first-order valence-electron chi connectivity index (χ1n) is 10.2. The molecule has 4 nitrogen and oxygen atoms in total. The van der Waals surface area contributed by atoms with E-state index < -0.39 is 11.9 Å². The normalized spacial score (nSPS) is 9.88. The number of carboxylic acid groups (broad SMARTS) is 2. The van der Waals surface area contributed by atoms with Gasteiger partial charge in [-0.15, -0.1) is 0 Å². The third kappa shape index (κ3) is 24.7. The van der Waals surface area contributed by atoms with E-state index in [4.69, 9.17) is 10.2 Å². The van der Waals surface area contributed by atoms with Gasteiger partial charge in [-0.2, -0.15) is 0 Å². The van der Waals surface area contributed by atoms with Crippen LogP contribution in [0.2, 0.25) is 0 Å². The molecule has 0 amide bonds. The lowest BCUT2D eigenvalue weighted by Gasteiger charge is -2.03. The number of carbonyl (C=O) groups is 2. The highest BCUT2D eigenvalue weighted by atomic mass is 16.4. The second-order valence-corrected chi connectivity index (χ2v) is 6.80. The Bertz CT molecular complexity index is 374. The van der Waals surface area contributed by atoms with Gasteiger partial charge in [-0.25, -0.2) is 9.59 Å². The molecule has 4 heteroatoms. The summed E-state index contributed by atoms with van der Waals surface area (Å²) in [6.07, 6.45) is 20.1. The van der Waals surface area contributed by atoms with E-state index in [-0.39, 0.29) is 0 Å². The third-order valence-corrected chi connectivity index (χ3v) is 4.31. The van der Waals surface area contributed by atoms with E-state index in [1.807, 2.05) is 0 Å². The van der Waals surface area contributed by atoms with Gasteiger partial charge in [0.1, 0.15) is 0 Å². The van der Waals surface area contributed by atoms with Gasteiger partial charge in [0.25, 0.3) is 0 Å². The van der Waals surface area contributed by atoms with Crippen molar-refractivity contribution in [3.8, 4) is 0 Å². The molecule has 0 aromatic carbocycles. The molecule has 26 heavy (non-hydrogen) atoms. The van der Waals surface area contributed by atoms with Gasteiger partial charge in [0.05, 0.1) is 0 Å². The summed E-state index contributed by atoms with van der Waals surface area (Å²) >= 11 is 0. The first-order chi connectivity index (χ1) is 12.5. The van der Waals surface area contributed by atoms with Crippen molar-refractivity contribution in [2.45, 2.75) is 103 Å². The maximum Gasteiger partial charge on any atom is 0.330 e. The van der Waals surface area contributed by atoms with Crippen LogP contribution in [0.15, 0.2) is 24.8 Å². The van der Waals surface area contributed by atoms with E-state index in [1.165, 1.54) is 77.0 Å². The van der Waals surface area contributed by atoms with Crippen molar-refractivity contribution in [3.63, 3.8) is 0 Å². The smallest absolute Gasteiger partial charge is 0.330 e. The summed E-state index contributed by atoms with van der Waals surface area (Å²) in [5.41, 5.74) is 0.355. The molecule has 0 rings (SSSR count). The van der Waals surface area contributed by atoms with Crippen LogP contribution in [-0.4, -0.2) is 22.2 Å². The molecule has 0 spiro atoms. The van der Waals surface area contributed by atoms with E-state index in [9.17, 15) is 9.59 Å². The second kappa shape index (κ2) is 21.5. The summed E-state index contributed by atoms with van der Waals surface area (Å²) in [5, 5.41) is 16.3. The molecule has 0 heterocycles. The fourth-order valence-corrected chi connectivity index (χ4v) is 2.64. The zero-order chi connectivity index (χ0) is 20.0. The van der Waals surface area contributed by atoms with Gasteiger partial charge >= 0.3 is 11.9 Å². The van der Waals surface area contributed by atoms with E-state index in [0.717, 1.165) is 18.9 Å². The molecule has 0 radical (unpaired) electrons. The van der Waals surface area contributed by atoms with Crippen LogP contribution in [-0.2, 0) is 9.59 Å². The molecule has 0 saturated heterocycles. The van der Waals surface area contributed by atoms with E-state index in [0.29, 0.717) is 12.0 Å². The zero-order valence-electron chi connectivity index (χ0n) is 16.8. The van der Waals surface area contributed by atoms with Gasteiger partial charge < -0.3 is 10.2 Å². The van der Waals surface area contributed by atoms with Crippen LogP contribution in [0, 0.1) is 0 Å². The second-order valence-electron chi connectivity index (χ2n) is 6.80. The molecule has 0 unspecified atom stereocenters. The van der Waals surface area contributed by atoms with E-state index in [1.54, 1.807) is 0 Å². The minimum Gasteiger partial charge on any atom is -0.478 e.